The SMILES string of the molecule is CCOCOc1c(-c2ccccc2C)csc1-n1c2ccccc2c2ccccc21.COc1ccccc1-c1csc(-n2c3ccccc3c3ccccc32)c1O. The van der Waals surface area contributed by atoms with Crippen LogP contribution >= 0.6 is 22.7 Å². The molecule has 0 atom stereocenters. The van der Waals surface area contributed by atoms with Crippen molar-refractivity contribution in [2.24, 2.45) is 0 Å². The molecule has 6 nitrogen and oxygen atoms in total. The number of aromatic nitrogens is 2. The fourth-order valence-corrected chi connectivity index (χ4v) is 9.75. The van der Waals surface area contributed by atoms with Crippen molar-refractivity contribution < 1.29 is 19.3 Å². The van der Waals surface area contributed by atoms with Crippen LogP contribution in [0.4, 0.5) is 0 Å². The minimum absolute atomic E-state index is 0.232. The monoisotopic (exact) mass is 784 g/mol. The normalized spacial score (nSPS) is 11.4. The maximum absolute atomic E-state index is 11.1. The molecule has 0 radical (unpaired) electrons. The zero-order valence-electron chi connectivity index (χ0n) is 31.8. The summed E-state index contributed by atoms with van der Waals surface area (Å²) in [5.41, 5.74) is 9.73. The summed E-state index contributed by atoms with van der Waals surface area (Å²) in [7, 11) is 1.65. The maximum atomic E-state index is 11.1. The van der Waals surface area contributed by atoms with Gasteiger partial charge >= 0.3 is 0 Å². The molecule has 0 saturated carbocycles. The van der Waals surface area contributed by atoms with Gasteiger partial charge in [-0.1, -0.05) is 115 Å². The molecule has 4 heterocycles. The molecule has 0 fully saturated rings. The van der Waals surface area contributed by atoms with Crippen LogP contribution in [0.3, 0.4) is 0 Å². The Morgan fingerprint density at radius 3 is 1.53 bits per heavy atom. The Balaban J connectivity index is 0.000000149. The number of hydrogen-bond acceptors (Lipinski definition) is 6. The van der Waals surface area contributed by atoms with E-state index in [4.69, 9.17) is 14.2 Å². The summed E-state index contributed by atoms with van der Waals surface area (Å²) in [6.07, 6.45) is 0. The van der Waals surface area contributed by atoms with E-state index < -0.39 is 0 Å². The highest BCUT2D eigenvalue weighted by molar-refractivity contribution is 7.14. The van der Waals surface area contributed by atoms with Crippen LogP contribution in [0.5, 0.6) is 17.2 Å². The number of methoxy groups -OCH3 is 1. The molecular formula is C49H40N2O4S2. The largest absolute Gasteiger partial charge is 0.504 e. The second-order valence-corrected chi connectivity index (χ2v) is 15.3. The molecule has 282 valence electrons. The predicted molar refractivity (Wildman–Crippen MR) is 238 cm³/mol. The van der Waals surface area contributed by atoms with E-state index in [1.165, 1.54) is 55.0 Å². The second kappa shape index (κ2) is 15.7. The summed E-state index contributed by atoms with van der Waals surface area (Å²) in [6.45, 7) is 4.97. The van der Waals surface area contributed by atoms with Crippen molar-refractivity contribution in [2.75, 3.05) is 20.5 Å². The third-order valence-corrected chi connectivity index (χ3v) is 12.3. The zero-order valence-corrected chi connectivity index (χ0v) is 33.4. The Hall–Kier alpha value is -6.32. The summed E-state index contributed by atoms with van der Waals surface area (Å²) < 4.78 is 21.7. The highest BCUT2D eigenvalue weighted by atomic mass is 32.1. The van der Waals surface area contributed by atoms with Gasteiger partial charge in [0.1, 0.15) is 15.8 Å². The number of para-hydroxylation sites is 5. The Morgan fingerprint density at radius 2 is 0.982 bits per heavy atom. The summed E-state index contributed by atoms with van der Waals surface area (Å²) in [4.78, 5) is 0. The number of nitrogens with zero attached hydrogens (tertiary/aromatic N) is 2. The summed E-state index contributed by atoms with van der Waals surface area (Å²) in [5, 5.41) is 22.1. The van der Waals surface area contributed by atoms with E-state index in [0.717, 1.165) is 49.2 Å². The van der Waals surface area contributed by atoms with Gasteiger partial charge in [-0.2, -0.15) is 0 Å². The molecule has 0 aliphatic carbocycles. The van der Waals surface area contributed by atoms with Gasteiger partial charge in [-0.25, -0.2) is 0 Å². The summed E-state index contributed by atoms with van der Waals surface area (Å²) >= 11 is 3.24. The molecule has 0 bridgehead atoms. The molecule has 0 amide bonds. The molecule has 0 aliphatic heterocycles. The van der Waals surface area contributed by atoms with Gasteiger partial charge in [0, 0.05) is 55.6 Å². The van der Waals surface area contributed by atoms with Crippen molar-refractivity contribution in [3.8, 4) is 49.5 Å². The standard InChI is InChI=1S/C26H23NO2S.C23H17NO2S/c1-3-28-17-29-25-22(19-11-5-4-10-18(19)2)16-30-26(25)27-23-14-8-6-12-20(23)21-13-7-9-15-24(21)27;1-26-21-13-7-4-10-17(21)18-14-27-23(22(18)25)24-19-11-5-2-8-15(19)16-9-3-6-12-20(16)24/h4-16H,3,17H2,1-2H3;2-14,25H,1H3. The van der Waals surface area contributed by atoms with Crippen LogP contribution in [-0.4, -0.2) is 34.8 Å². The quantitative estimate of drug-likeness (QED) is 0.117. The number of hydrogen-bond donors (Lipinski definition) is 1. The highest BCUT2D eigenvalue weighted by Gasteiger charge is 2.23. The molecule has 10 aromatic rings. The van der Waals surface area contributed by atoms with Gasteiger partial charge in [-0.15, -0.1) is 22.7 Å². The molecule has 0 saturated heterocycles. The molecule has 0 unspecified atom stereocenters. The van der Waals surface area contributed by atoms with Crippen LogP contribution in [0.2, 0.25) is 0 Å². The van der Waals surface area contributed by atoms with Crippen LogP contribution in [-0.2, 0) is 4.74 Å². The second-order valence-electron chi connectivity index (χ2n) is 13.6. The summed E-state index contributed by atoms with van der Waals surface area (Å²) in [6, 6.07) is 49.9. The van der Waals surface area contributed by atoms with E-state index in [0.29, 0.717) is 6.61 Å². The lowest BCUT2D eigenvalue weighted by Gasteiger charge is -2.13. The predicted octanol–water partition coefficient (Wildman–Crippen LogP) is 13.4. The lowest BCUT2D eigenvalue weighted by Crippen LogP contribution is -2.04. The number of aryl methyl sites for hydroxylation is 1. The van der Waals surface area contributed by atoms with E-state index in [1.54, 1.807) is 18.4 Å². The number of rotatable bonds is 9. The molecule has 0 spiro atoms. The van der Waals surface area contributed by atoms with E-state index in [2.05, 4.69) is 118 Å². The van der Waals surface area contributed by atoms with E-state index in [1.807, 2.05) is 60.8 Å². The van der Waals surface area contributed by atoms with E-state index >= 15 is 0 Å². The van der Waals surface area contributed by atoms with Gasteiger partial charge in [0.15, 0.2) is 18.3 Å². The first-order valence-electron chi connectivity index (χ1n) is 18.9. The van der Waals surface area contributed by atoms with Gasteiger partial charge in [0.05, 0.1) is 29.2 Å². The van der Waals surface area contributed by atoms with Crippen molar-refractivity contribution in [1.29, 1.82) is 0 Å². The molecule has 1 N–H and O–H groups in total. The first-order chi connectivity index (χ1) is 28.1. The summed E-state index contributed by atoms with van der Waals surface area (Å²) in [5.74, 6) is 1.89. The lowest BCUT2D eigenvalue weighted by molar-refractivity contribution is 0.0230. The van der Waals surface area contributed by atoms with Gasteiger partial charge in [0.25, 0.3) is 0 Å². The lowest BCUT2D eigenvalue weighted by atomic mass is 10.0. The van der Waals surface area contributed by atoms with Crippen molar-refractivity contribution in [3.05, 3.63) is 162 Å². The third kappa shape index (κ3) is 6.42. The van der Waals surface area contributed by atoms with E-state index in [-0.39, 0.29) is 12.5 Å². The van der Waals surface area contributed by atoms with Crippen molar-refractivity contribution in [1.82, 2.24) is 9.13 Å². The molecular weight excluding hydrogens is 745 g/mol. The number of fused-ring (bicyclic) bond motifs is 6. The molecule has 0 aliphatic rings. The Morgan fingerprint density at radius 1 is 0.526 bits per heavy atom. The smallest absolute Gasteiger partial charge is 0.189 e. The molecule has 8 heteroatoms. The molecule has 6 aromatic carbocycles. The average Bonchev–Trinajstić information content (AvgIpc) is 4.02. The Kier molecular flexibility index (Phi) is 9.99. The number of ether oxygens (including phenoxy) is 3. The first kappa shape index (κ1) is 36.3. The van der Waals surface area contributed by atoms with Crippen LogP contribution in [0.15, 0.2) is 156 Å². The Labute approximate surface area is 339 Å². The van der Waals surface area contributed by atoms with E-state index in [9.17, 15) is 5.11 Å². The van der Waals surface area contributed by atoms with Gasteiger partial charge in [-0.05, 0) is 55.3 Å². The fourth-order valence-electron chi connectivity index (χ4n) is 7.72. The fraction of sp³-hybridized carbons (Fsp3) is 0.102. The third-order valence-electron chi connectivity index (χ3n) is 10.4. The highest BCUT2D eigenvalue weighted by Crippen LogP contribution is 2.47. The van der Waals surface area contributed by atoms with Crippen LogP contribution < -0.4 is 9.47 Å². The van der Waals surface area contributed by atoms with Crippen LogP contribution in [0.25, 0.3) is 75.9 Å². The minimum Gasteiger partial charge on any atom is -0.504 e. The number of aromatic hydroxyl groups is 1. The zero-order chi connectivity index (χ0) is 38.9. The van der Waals surface area contributed by atoms with Gasteiger partial charge in [0.2, 0.25) is 0 Å². The Bertz CT molecular complexity index is 2920. The maximum Gasteiger partial charge on any atom is 0.189 e. The number of thiophene rings is 2. The number of benzene rings is 6. The van der Waals surface area contributed by atoms with Gasteiger partial charge < -0.3 is 19.3 Å². The van der Waals surface area contributed by atoms with Gasteiger partial charge in [-0.3, -0.25) is 9.13 Å². The first-order valence-corrected chi connectivity index (χ1v) is 20.6. The molecule has 4 aromatic heterocycles. The van der Waals surface area contributed by atoms with Crippen molar-refractivity contribution >= 4 is 66.3 Å². The minimum atomic E-state index is 0.232. The van der Waals surface area contributed by atoms with Crippen molar-refractivity contribution in [2.45, 2.75) is 13.8 Å². The van der Waals surface area contributed by atoms with Crippen molar-refractivity contribution in [3.63, 3.8) is 0 Å². The van der Waals surface area contributed by atoms with Crippen LogP contribution in [0.1, 0.15) is 12.5 Å². The average molecular weight is 785 g/mol. The molecule has 57 heavy (non-hydrogen) atoms. The molecule has 10 rings (SSSR count). The van der Waals surface area contributed by atoms with Crippen LogP contribution in [0, 0.1) is 6.92 Å². The topological polar surface area (TPSA) is 57.8 Å².